The number of hydrogen-bond acceptors (Lipinski definition) is 4. The fourth-order valence-electron chi connectivity index (χ4n) is 4.60. The van der Waals surface area contributed by atoms with Crippen LogP contribution in [0.15, 0.2) is 83.9 Å². The van der Waals surface area contributed by atoms with Crippen molar-refractivity contribution in [1.82, 2.24) is 5.32 Å². The minimum absolute atomic E-state index is 0.0235. The van der Waals surface area contributed by atoms with Gasteiger partial charge in [0.05, 0.1) is 24.2 Å². The van der Waals surface area contributed by atoms with Crippen molar-refractivity contribution in [1.29, 1.82) is 5.26 Å². The Morgan fingerprint density at radius 1 is 1.00 bits per heavy atom. The van der Waals surface area contributed by atoms with Gasteiger partial charge in [0.2, 0.25) is 0 Å². The van der Waals surface area contributed by atoms with E-state index in [4.69, 9.17) is 5.73 Å². The summed E-state index contributed by atoms with van der Waals surface area (Å²) in [5.41, 5.74) is 14.0. The van der Waals surface area contributed by atoms with E-state index in [2.05, 4.69) is 77.9 Å². The fraction of sp³-hybridized carbons (Fsp3) is 0.143. The number of nitrogens with zero attached hydrogens (tertiary/aromatic N) is 2. The number of rotatable bonds is 3. The number of hydrogen-bond donors (Lipinski definition) is 2. The van der Waals surface area contributed by atoms with Gasteiger partial charge in [0.25, 0.3) is 0 Å². The molecule has 0 saturated carbocycles. The van der Waals surface area contributed by atoms with Crippen molar-refractivity contribution in [3.05, 3.63) is 107 Å². The molecule has 3 N–H and O–H groups in total. The molecule has 1 unspecified atom stereocenters. The van der Waals surface area contributed by atoms with E-state index in [1.807, 2.05) is 24.3 Å². The molecular formula is C28H24N4. The third kappa shape index (κ3) is 3.70. The molecule has 156 valence electrons. The second-order valence-electron chi connectivity index (χ2n) is 8.30. The summed E-state index contributed by atoms with van der Waals surface area (Å²) in [6.07, 6.45) is 0.800. The van der Waals surface area contributed by atoms with Gasteiger partial charge in [-0.25, -0.2) is 4.99 Å². The van der Waals surface area contributed by atoms with E-state index < -0.39 is 0 Å². The van der Waals surface area contributed by atoms with Crippen molar-refractivity contribution < 1.29 is 0 Å². The smallest absolute Gasteiger partial charge is 0.189 e. The van der Waals surface area contributed by atoms with Gasteiger partial charge in [-0.3, -0.25) is 0 Å². The molecule has 0 amide bonds. The van der Waals surface area contributed by atoms with Gasteiger partial charge in [0, 0.05) is 0 Å². The topological polar surface area (TPSA) is 74.2 Å². The summed E-state index contributed by atoms with van der Waals surface area (Å²) in [4.78, 5) is 4.55. The number of nitriles is 1. The van der Waals surface area contributed by atoms with E-state index in [0.29, 0.717) is 18.1 Å². The highest BCUT2D eigenvalue weighted by atomic mass is 15.1. The first-order valence-electron chi connectivity index (χ1n) is 10.8. The number of aliphatic imine (C=N–C) groups is 1. The van der Waals surface area contributed by atoms with Crippen LogP contribution >= 0.6 is 0 Å². The Kier molecular flexibility index (Phi) is 5.09. The lowest BCUT2D eigenvalue weighted by Crippen LogP contribution is -2.37. The highest BCUT2D eigenvalue weighted by Gasteiger charge is 2.20. The summed E-state index contributed by atoms with van der Waals surface area (Å²) >= 11 is 0. The summed E-state index contributed by atoms with van der Waals surface area (Å²) in [6, 6.07) is 29.3. The molecule has 0 fully saturated rings. The summed E-state index contributed by atoms with van der Waals surface area (Å²) in [5.74, 6) is 0.476. The second-order valence-corrected chi connectivity index (χ2v) is 8.30. The average Bonchev–Trinajstić information content (AvgIpc) is 2.82. The molecule has 4 heteroatoms. The normalized spacial score (nSPS) is 15.2. The molecule has 5 rings (SSSR count). The molecule has 1 atom stereocenters. The van der Waals surface area contributed by atoms with Crippen LogP contribution in [-0.2, 0) is 13.0 Å². The van der Waals surface area contributed by atoms with Crippen LogP contribution in [0.5, 0.6) is 0 Å². The summed E-state index contributed by atoms with van der Waals surface area (Å²) in [7, 11) is 0. The van der Waals surface area contributed by atoms with E-state index in [1.54, 1.807) is 0 Å². The van der Waals surface area contributed by atoms with Crippen molar-refractivity contribution in [3.8, 4) is 17.2 Å². The van der Waals surface area contributed by atoms with E-state index in [9.17, 15) is 5.26 Å². The molecule has 4 aromatic carbocycles. The molecule has 4 aromatic rings. The molecule has 0 saturated heterocycles. The molecule has 0 radical (unpaired) electrons. The number of aryl methyl sites for hydroxylation is 1. The Bertz CT molecular complexity index is 1390. The van der Waals surface area contributed by atoms with E-state index in [-0.39, 0.29) is 6.04 Å². The summed E-state index contributed by atoms with van der Waals surface area (Å²) in [6.45, 7) is 2.72. The van der Waals surface area contributed by atoms with Crippen LogP contribution in [0.2, 0.25) is 0 Å². The van der Waals surface area contributed by atoms with Gasteiger partial charge in [0.1, 0.15) is 0 Å². The Hall–Kier alpha value is -4.10. The lowest BCUT2D eigenvalue weighted by atomic mass is 9.89. The quantitative estimate of drug-likeness (QED) is 0.470. The predicted octanol–water partition coefficient (Wildman–Crippen LogP) is 5.39. The van der Waals surface area contributed by atoms with Gasteiger partial charge in [-0.05, 0) is 69.6 Å². The zero-order valence-corrected chi connectivity index (χ0v) is 18.0. The van der Waals surface area contributed by atoms with Gasteiger partial charge >= 0.3 is 0 Å². The minimum atomic E-state index is 0.0235. The lowest BCUT2D eigenvalue weighted by molar-refractivity contribution is 0.637. The maximum absolute atomic E-state index is 9.21. The predicted molar refractivity (Wildman–Crippen MR) is 130 cm³/mol. The van der Waals surface area contributed by atoms with Crippen molar-refractivity contribution in [2.45, 2.75) is 25.9 Å². The van der Waals surface area contributed by atoms with Crippen molar-refractivity contribution in [3.63, 3.8) is 0 Å². The number of nitrogens with two attached hydrogens (primary N) is 1. The van der Waals surface area contributed by atoms with Gasteiger partial charge in [-0.2, -0.15) is 5.26 Å². The van der Waals surface area contributed by atoms with Gasteiger partial charge in [-0.15, -0.1) is 0 Å². The Labute approximate surface area is 188 Å². The number of guanidine groups is 1. The zero-order chi connectivity index (χ0) is 22.1. The standard InChI is InChI=1S/C28H24N4/c1-18-13-23(22-8-2-5-19(14-22)16-29)12-11-21(18)15-26-25-10-4-7-20-6-3-9-24(27(20)25)17-31-28(30)32-26/h2-14,26H,15,17H2,1H3,(H3,30,31,32). The number of benzene rings is 4. The first-order chi connectivity index (χ1) is 15.6. The molecule has 32 heavy (non-hydrogen) atoms. The number of nitrogens with one attached hydrogen (secondary N) is 1. The van der Waals surface area contributed by atoms with Crippen LogP contribution in [-0.4, -0.2) is 5.96 Å². The zero-order valence-electron chi connectivity index (χ0n) is 18.0. The van der Waals surface area contributed by atoms with Crippen LogP contribution in [0.4, 0.5) is 0 Å². The van der Waals surface area contributed by atoms with Crippen molar-refractivity contribution in [2.75, 3.05) is 0 Å². The molecule has 0 spiro atoms. The molecule has 1 aliphatic rings. The van der Waals surface area contributed by atoms with Crippen LogP contribution in [0, 0.1) is 18.3 Å². The van der Waals surface area contributed by atoms with Crippen molar-refractivity contribution in [2.24, 2.45) is 10.7 Å². The maximum atomic E-state index is 9.21. The van der Waals surface area contributed by atoms with Crippen LogP contribution in [0.3, 0.4) is 0 Å². The first-order valence-corrected chi connectivity index (χ1v) is 10.8. The lowest BCUT2D eigenvalue weighted by Gasteiger charge is -2.25. The Morgan fingerprint density at radius 3 is 2.59 bits per heavy atom. The monoisotopic (exact) mass is 416 g/mol. The second kappa shape index (κ2) is 8.20. The Morgan fingerprint density at radius 2 is 1.78 bits per heavy atom. The molecule has 0 bridgehead atoms. The Balaban J connectivity index is 1.53. The van der Waals surface area contributed by atoms with E-state index in [0.717, 1.165) is 17.5 Å². The summed E-state index contributed by atoms with van der Waals surface area (Å²) < 4.78 is 0. The van der Waals surface area contributed by atoms with Gasteiger partial charge < -0.3 is 11.1 Å². The van der Waals surface area contributed by atoms with Gasteiger partial charge in [-0.1, -0.05) is 66.7 Å². The molecule has 1 aliphatic heterocycles. The summed E-state index contributed by atoms with van der Waals surface area (Å²) in [5, 5.41) is 15.2. The van der Waals surface area contributed by atoms with E-state index >= 15 is 0 Å². The molecule has 4 nitrogen and oxygen atoms in total. The molecular weight excluding hydrogens is 392 g/mol. The third-order valence-corrected chi connectivity index (χ3v) is 6.23. The van der Waals surface area contributed by atoms with Crippen LogP contribution < -0.4 is 11.1 Å². The fourth-order valence-corrected chi connectivity index (χ4v) is 4.60. The maximum Gasteiger partial charge on any atom is 0.189 e. The SMILES string of the molecule is Cc1cc(-c2cccc(C#N)c2)ccc1CC1NC(N)=NCc2cccc3cccc1c23. The molecule has 1 heterocycles. The molecule has 0 aromatic heterocycles. The largest absolute Gasteiger partial charge is 0.370 e. The third-order valence-electron chi connectivity index (χ3n) is 6.23. The van der Waals surface area contributed by atoms with Crippen LogP contribution in [0.1, 0.15) is 33.9 Å². The molecule has 0 aliphatic carbocycles. The minimum Gasteiger partial charge on any atom is -0.370 e. The highest BCUT2D eigenvalue weighted by Crippen LogP contribution is 2.32. The highest BCUT2D eigenvalue weighted by molar-refractivity contribution is 5.91. The van der Waals surface area contributed by atoms with E-state index in [1.165, 1.54) is 33.0 Å². The van der Waals surface area contributed by atoms with Crippen LogP contribution in [0.25, 0.3) is 21.9 Å². The average molecular weight is 417 g/mol. The van der Waals surface area contributed by atoms with Crippen molar-refractivity contribution >= 4 is 16.7 Å². The first kappa shape index (κ1) is 19.8. The van der Waals surface area contributed by atoms with Gasteiger partial charge in [0.15, 0.2) is 5.96 Å².